The third-order valence-corrected chi connectivity index (χ3v) is 5.78. The number of nitrogens with zero attached hydrogens (tertiary/aromatic N) is 5. The molecule has 0 aliphatic rings. The van der Waals surface area contributed by atoms with Crippen molar-refractivity contribution >= 4 is 33.4 Å². The van der Waals surface area contributed by atoms with Gasteiger partial charge in [-0.2, -0.15) is 5.10 Å². The molecule has 5 aromatic rings. The normalized spacial score (nSPS) is 11.1. The highest BCUT2D eigenvalue weighted by Gasteiger charge is 2.19. The van der Waals surface area contributed by atoms with Gasteiger partial charge in [-0.15, -0.1) is 10.2 Å². The van der Waals surface area contributed by atoms with Crippen LogP contribution in [0.5, 0.6) is 0 Å². The molecule has 0 bridgehead atoms. The Bertz CT molecular complexity index is 1340. The van der Waals surface area contributed by atoms with Gasteiger partial charge in [0.2, 0.25) is 5.13 Å². The molecule has 5 rings (SSSR count). The Morgan fingerprint density at radius 1 is 1.16 bits per heavy atom. The van der Waals surface area contributed by atoms with Crippen LogP contribution in [0.2, 0.25) is 0 Å². The Morgan fingerprint density at radius 2 is 2.03 bits per heavy atom. The lowest BCUT2D eigenvalue weighted by atomic mass is 10.1. The van der Waals surface area contributed by atoms with E-state index in [1.54, 1.807) is 23.2 Å². The molecule has 31 heavy (non-hydrogen) atoms. The topological polar surface area (TPSA) is 98.7 Å². The van der Waals surface area contributed by atoms with Crippen LogP contribution in [0.1, 0.15) is 28.0 Å². The molecular formula is C22H18N6O2S. The fraction of sp³-hybridized carbons (Fsp3) is 0.136. The monoisotopic (exact) mass is 430 g/mol. The number of fused-ring (bicyclic) bond motifs is 1. The summed E-state index contributed by atoms with van der Waals surface area (Å²) in [6, 6.07) is 15.2. The van der Waals surface area contributed by atoms with Crippen LogP contribution in [-0.4, -0.2) is 30.9 Å². The number of hydrogen-bond acceptors (Lipinski definition) is 7. The van der Waals surface area contributed by atoms with E-state index in [4.69, 9.17) is 9.40 Å². The first kappa shape index (κ1) is 19.1. The van der Waals surface area contributed by atoms with Crippen LogP contribution in [0.25, 0.3) is 22.3 Å². The summed E-state index contributed by atoms with van der Waals surface area (Å²) in [6.07, 6.45) is 4.05. The molecule has 0 saturated heterocycles. The van der Waals surface area contributed by atoms with Crippen molar-refractivity contribution in [3.05, 3.63) is 77.3 Å². The summed E-state index contributed by atoms with van der Waals surface area (Å²) < 4.78 is 7.19. The standard InChI is InChI=1S/C22H18N6O2S/c1-2-19-26-27-22(31-19)25-21(29)16-11-18(14-7-4-3-5-8-14)24-20-17(16)12-23-28(20)13-15-9-6-10-30-15/h3-12H,2,13H2,1H3,(H,25,27,29). The van der Waals surface area contributed by atoms with Gasteiger partial charge in [0.25, 0.3) is 5.91 Å². The highest BCUT2D eigenvalue weighted by atomic mass is 32.1. The van der Waals surface area contributed by atoms with Gasteiger partial charge < -0.3 is 4.42 Å². The minimum absolute atomic E-state index is 0.277. The lowest BCUT2D eigenvalue weighted by Crippen LogP contribution is -2.13. The summed E-state index contributed by atoms with van der Waals surface area (Å²) in [5.74, 6) is 0.477. The number of anilines is 1. The van der Waals surface area contributed by atoms with Crippen molar-refractivity contribution in [2.75, 3.05) is 5.32 Å². The molecule has 1 N–H and O–H groups in total. The molecule has 0 aliphatic heterocycles. The van der Waals surface area contributed by atoms with Gasteiger partial charge in [-0.1, -0.05) is 48.6 Å². The van der Waals surface area contributed by atoms with Gasteiger partial charge in [-0.3, -0.25) is 10.1 Å². The predicted octanol–water partition coefficient (Wildman–Crippen LogP) is 4.41. The maximum atomic E-state index is 13.2. The molecule has 4 heterocycles. The first-order valence-electron chi connectivity index (χ1n) is 9.79. The molecular weight excluding hydrogens is 412 g/mol. The van der Waals surface area contributed by atoms with E-state index in [2.05, 4.69) is 20.6 Å². The van der Waals surface area contributed by atoms with Crippen LogP contribution in [-0.2, 0) is 13.0 Å². The summed E-state index contributed by atoms with van der Waals surface area (Å²) in [4.78, 5) is 18.0. The molecule has 8 nitrogen and oxygen atoms in total. The Morgan fingerprint density at radius 3 is 2.77 bits per heavy atom. The number of rotatable bonds is 6. The first-order chi connectivity index (χ1) is 15.2. The third-order valence-electron chi connectivity index (χ3n) is 4.80. The molecule has 9 heteroatoms. The van der Waals surface area contributed by atoms with Gasteiger partial charge in [0.05, 0.1) is 29.1 Å². The second-order valence-corrected chi connectivity index (χ2v) is 7.91. The molecule has 0 unspecified atom stereocenters. The van der Waals surface area contributed by atoms with E-state index in [1.807, 2.05) is 49.4 Å². The number of aryl methyl sites for hydroxylation is 1. The van der Waals surface area contributed by atoms with Gasteiger partial charge in [0, 0.05) is 5.56 Å². The summed E-state index contributed by atoms with van der Waals surface area (Å²) in [5.41, 5.74) is 2.68. The van der Waals surface area contributed by atoms with Crippen LogP contribution >= 0.6 is 11.3 Å². The molecule has 0 radical (unpaired) electrons. The van der Waals surface area contributed by atoms with Crippen LogP contribution in [0.4, 0.5) is 5.13 Å². The van der Waals surface area contributed by atoms with Crippen molar-refractivity contribution in [3.63, 3.8) is 0 Å². The molecule has 0 aliphatic carbocycles. The van der Waals surface area contributed by atoms with Crippen molar-refractivity contribution in [2.45, 2.75) is 19.9 Å². The predicted molar refractivity (Wildman–Crippen MR) is 118 cm³/mol. The zero-order valence-electron chi connectivity index (χ0n) is 16.6. The summed E-state index contributed by atoms with van der Waals surface area (Å²) in [6.45, 7) is 2.41. The van der Waals surface area contributed by atoms with Crippen molar-refractivity contribution in [3.8, 4) is 11.3 Å². The number of carbonyl (C=O) groups excluding carboxylic acids is 1. The molecule has 0 spiro atoms. The van der Waals surface area contributed by atoms with E-state index in [1.165, 1.54) is 11.3 Å². The fourth-order valence-electron chi connectivity index (χ4n) is 3.27. The quantitative estimate of drug-likeness (QED) is 0.429. The second kappa shape index (κ2) is 8.11. The summed E-state index contributed by atoms with van der Waals surface area (Å²) in [5, 5.41) is 17.4. The number of amides is 1. The van der Waals surface area contributed by atoms with Gasteiger partial charge in [0.1, 0.15) is 17.3 Å². The number of hydrogen-bond donors (Lipinski definition) is 1. The van der Waals surface area contributed by atoms with E-state index in [0.29, 0.717) is 34.0 Å². The smallest absolute Gasteiger partial charge is 0.258 e. The van der Waals surface area contributed by atoms with E-state index in [-0.39, 0.29) is 5.91 Å². The number of carbonyl (C=O) groups is 1. The number of benzene rings is 1. The van der Waals surface area contributed by atoms with Crippen molar-refractivity contribution in [1.29, 1.82) is 0 Å². The van der Waals surface area contributed by atoms with Gasteiger partial charge in [0.15, 0.2) is 5.65 Å². The summed E-state index contributed by atoms with van der Waals surface area (Å²) in [7, 11) is 0. The third kappa shape index (κ3) is 3.82. The number of aromatic nitrogens is 5. The molecule has 154 valence electrons. The van der Waals surface area contributed by atoms with Crippen LogP contribution < -0.4 is 5.32 Å². The minimum atomic E-state index is -0.277. The van der Waals surface area contributed by atoms with Crippen molar-refractivity contribution < 1.29 is 9.21 Å². The summed E-state index contributed by atoms with van der Waals surface area (Å²) >= 11 is 1.37. The molecule has 0 saturated carbocycles. The van der Waals surface area contributed by atoms with E-state index in [9.17, 15) is 4.79 Å². The highest BCUT2D eigenvalue weighted by Crippen LogP contribution is 2.26. The average Bonchev–Trinajstić information content (AvgIpc) is 3.56. The van der Waals surface area contributed by atoms with Crippen LogP contribution in [0, 0.1) is 0 Å². The maximum absolute atomic E-state index is 13.2. The lowest BCUT2D eigenvalue weighted by Gasteiger charge is -2.08. The van der Waals surface area contributed by atoms with E-state index < -0.39 is 0 Å². The zero-order chi connectivity index (χ0) is 21.2. The average molecular weight is 430 g/mol. The van der Waals surface area contributed by atoms with E-state index >= 15 is 0 Å². The van der Waals surface area contributed by atoms with E-state index in [0.717, 1.165) is 22.8 Å². The zero-order valence-corrected chi connectivity index (χ0v) is 17.5. The fourth-order valence-corrected chi connectivity index (χ4v) is 3.94. The molecule has 1 aromatic carbocycles. The molecule has 0 fully saturated rings. The number of pyridine rings is 1. The Labute approximate surface area is 181 Å². The first-order valence-corrected chi connectivity index (χ1v) is 10.6. The Kier molecular flexibility index (Phi) is 5.01. The number of furan rings is 1. The van der Waals surface area contributed by atoms with Gasteiger partial charge >= 0.3 is 0 Å². The minimum Gasteiger partial charge on any atom is -0.467 e. The number of nitrogens with one attached hydrogen (secondary N) is 1. The molecule has 4 aromatic heterocycles. The van der Waals surface area contributed by atoms with Crippen LogP contribution in [0.15, 0.2) is 65.4 Å². The SMILES string of the molecule is CCc1nnc(NC(=O)c2cc(-c3ccccc3)nc3c2cnn3Cc2ccco2)s1. The molecule has 0 atom stereocenters. The van der Waals surface area contributed by atoms with Crippen molar-refractivity contribution in [2.24, 2.45) is 0 Å². The largest absolute Gasteiger partial charge is 0.467 e. The van der Waals surface area contributed by atoms with Gasteiger partial charge in [-0.25, -0.2) is 9.67 Å². The Balaban J connectivity index is 1.60. The highest BCUT2D eigenvalue weighted by molar-refractivity contribution is 7.15. The second-order valence-electron chi connectivity index (χ2n) is 6.85. The lowest BCUT2D eigenvalue weighted by molar-refractivity contribution is 0.102. The maximum Gasteiger partial charge on any atom is 0.258 e. The van der Waals surface area contributed by atoms with Gasteiger partial charge in [-0.05, 0) is 24.6 Å². The van der Waals surface area contributed by atoms with Crippen molar-refractivity contribution in [1.82, 2.24) is 25.0 Å². The Hall–Kier alpha value is -3.85. The van der Waals surface area contributed by atoms with Crippen LogP contribution in [0.3, 0.4) is 0 Å². The molecule has 1 amide bonds.